The number of hydrogen-bond acceptors (Lipinski definition) is 4. The number of carbonyl (C=O) groups is 2. The monoisotopic (exact) mass is 282 g/mol. The minimum atomic E-state index is -0.778. The SMILES string of the molecule is CN(Cc1cscn1)C(=O)[C@@H]1CCC[C@H](C(=O)O)C1. The first-order valence-corrected chi connectivity index (χ1v) is 7.37. The van der Waals surface area contributed by atoms with Gasteiger partial charge in [0.1, 0.15) is 0 Å². The number of carbonyl (C=O) groups excluding carboxylic acids is 1. The fourth-order valence-corrected chi connectivity index (χ4v) is 3.14. The van der Waals surface area contributed by atoms with Crippen molar-refractivity contribution in [3.8, 4) is 0 Å². The van der Waals surface area contributed by atoms with Crippen molar-refractivity contribution in [2.24, 2.45) is 11.8 Å². The molecule has 5 nitrogen and oxygen atoms in total. The van der Waals surface area contributed by atoms with Crippen LogP contribution in [0, 0.1) is 11.8 Å². The second-order valence-corrected chi connectivity index (χ2v) is 5.79. The topological polar surface area (TPSA) is 70.5 Å². The van der Waals surface area contributed by atoms with Crippen LogP contribution in [0.1, 0.15) is 31.4 Å². The molecule has 0 aromatic carbocycles. The Labute approximate surface area is 116 Å². The summed E-state index contributed by atoms with van der Waals surface area (Å²) in [6.45, 7) is 0.497. The lowest BCUT2D eigenvalue weighted by molar-refractivity contribution is -0.145. The zero-order chi connectivity index (χ0) is 13.8. The van der Waals surface area contributed by atoms with Gasteiger partial charge in [0.2, 0.25) is 5.91 Å². The molecule has 104 valence electrons. The maximum absolute atomic E-state index is 12.3. The Morgan fingerprint density at radius 1 is 1.47 bits per heavy atom. The molecule has 2 atom stereocenters. The first-order valence-electron chi connectivity index (χ1n) is 6.42. The van der Waals surface area contributed by atoms with Gasteiger partial charge in [-0.2, -0.15) is 0 Å². The lowest BCUT2D eigenvalue weighted by Gasteiger charge is -2.29. The Kier molecular flexibility index (Phi) is 4.52. The van der Waals surface area contributed by atoms with Gasteiger partial charge in [-0.3, -0.25) is 9.59 Å². The maximum Gasteiger partial charge on any atom is 0.306 e. The minimum absolute atomic E-state index is 0.0407. The zero-order valence-electron chi connectivity index (χ0n) is 10.9. The fourth-order valence-electron chi connectivity index (χ4n) is 2.59. The Hall–Kier alpha value is -1.43. The van der Waals surface area contributed by atoms with Gasteiger partial charge in [-0.1, -0.05) is 6.42 Å². The van der Waals surface area contributed by atoms with Gasteiger partial charge >= 0.3 is 5.97 Å². The van der Waals surface area contributed by atoms with Crippen molar-refractivity contribution in [2.45, 2.75) is 32.2 Å². The molecule has 0 bridgehead atoms. The molecule has 6 heteroatoms. The van der Waals surface area contributed by atoms with Gasteiger partial charge < -0.3 is 10.0 Å². The number of amides is 1. The van der Waals surface area contributed by atoms with Crippen molar-refractivity contribution in [3.05, 3.63) is 16.6 Å². The Morgan fingerprint density at radius 3 is 2.84 bits per heavy atom. The number of rotatable bonds is 4. The van der Waals surface area contributed by atoms with E-state index >= 15 is 0 Å². The van der Waals surface area contributed by atoms with Crippen LogP contribution in [-0.4, -0.2) is 33.9 Å². The molecule has 1 saturated carbocycles. The van der Waals surface area contributed by atoms with Gasteiger partial charge in [0.05, 0.1) is 23.7 Å². The van der Waals surface area contributed by atoms with Gasteiger partial charge in [-0.15, -0.1) is 11.3 Å². The molecular formula is C13H18N2O3S. The molecule has 1 aliphatic rings. The van der Waals surface area contributed by atoms with Gasteiger partial charge in [0, 0.05) is 18.3 Å². The largest absolute Gasteiger partial charge is 0.481 e. The summed E-state index contributed by atoms with van der Waals surface area (Å²) >= 11 is 1.51. The minimum Gasteiger partial charge on any atom is -0.481 e. The Balaban J connectivity index is 1.93. The molecule has 1 aromatic heterocycles. The Morgan fingerprint density at radius 2 is 2.21 bits per heavy atom. The van der Waals surface area contributed by atoms with Crippen molar-refractivity contribution in [1.29, 1.82) is 0 Å². The smallest absolute Gasteiger partial charge is 0.306 e. The number of aliphatic carboxylic acids is 1. The van der Waals surface area contributed by atoms with E-state index in [0.717, 1.165) is 18.5 Å². The number of thiazole rings is 1. The highest BCUT2D eigenvalue weighted by atomic mass is 32.1. The van der Waals surface area contributed by atoms with Gasteiger partial charge in [-0.05, 0) is 19.3 Å². The average molecular weight is 282 g/mol. The molecule has 1 amide bonds. The summed E-state index contributed by atoms with van der Waals surface area (Å²) in [6.07, 6.45) is 2.77. The van der Waals surface area contributed by atoms with Crippen LogP contribution in [-0.2, 0) is 16.1 Å². The van der Waals surface area contributed by atoms with Crippen LogP contribution in [0.15, 0.2) is 10.9 Å². The highest BCUT2D eigenvalue weighted by Gasteiger charge is 2.32. The number of aromatic nitrogens is 1. The second-order valence-electron chi connectivity index (χ2n) is 5.07. The molecule has 1 aliphatic carbocycles. The van der Waals surface area contributed by atoms with E-state index < -0.39 is 5.97 Å². The molecule has 0 unspecified atom stereocenters. The summed E-state index contributed by atoms with van der Waals surface area (Å²) in [5.41, 5.74) is 2.63. The molecule has 1 N–H and O–H groups in total. The first kappa shape index (κ1) is 14.0. The van der Waals surface area contributed by atoms with E-state index in [1.807, 2.05) is 5.38 Å². The maximum atomic E-state index is 12.3. The van der Waals surface area contributed by atoms with Crippen molar-refractivity contribution >= 4 is 23.2 Å². The normalized spacial score (nSPS) is 23.0. The lowest BCUT2D eigenvalue weighted by Crippen LogP contribution is -2.36. The molecule has 0 aliphatic heterocycles. The summed E-state index contributed by atoms with van der Waals surface area (Å²) < 4.78 is 0. The number of hydrogen-bond donors (Lipinski definition) is 1. The van der Waals surface area contributed by atoms with E-state index in [4.69, 9.17) is 5.11 Å². The average Bonchev–Trinajstić information content (AvgIpc) is 2.90. The van der Waals surface area contributed by atoms with Crippen LogP contribution in [0.5, 0.6) is 0 Å². The highest BCUT2D eigenvalue weighted by Crippen LogP contribution is 2.30. The molecule has 0 saturated heterocycles. The standard InChI is InChI=1S/C13H18N2O3S/c1-15(6-11-7-19-8-14-11)12(16)9-3-2-4-10(5-9)13(17)18/h7-10H,2-6H2,1H3,(H,17,18)/t9-,10+/m1/s1. The van der Waals surface area contributed by atoms with E-state index in [-0.39, 0.29) is 17.7 Å². The quantitative estimate of drug-likeness (QED) is 0.917. The van der Waals surface area contributed by atoms with E-state index in [9.17, 15) is 9.59 Å². The van der Waals surface area contributed by atoms with Crippen LogP contribution in [0.4, 0.5) is 0 Å². The summed E-state index contributed by atoms with van der Waals surface area (Å²) in [5, 5.41) is 11.0. The second kappa shape index (κ2) is 6.14. The fraction of sp³-hybridized carbons (Fsp3) is 0.615. The van der Waals surface area contributed by atoms with Gasteiger partial charge in [0.25, 0.3) is 0 Å². The van der Waals surface area contributed by atoms with Crippen LogP contribution < -0.4 is 0 Å². The summed E-state index contributed by atoms with van der Waals surface area (Å²) in [5.74, 6) is -1.26. The first-order chi connectivity index (χ1) is 9.08. The highest BCUT2D eigenvalue weighted by molar-refractivity contribution is 7.07. The van der Waals surface area contributed by atoms with Crippen LogP contribution in [0.25, 0.3) is 0 Å². The third-order valence-electron chi connectivity index (χ3n) is 3.63. The van der Waals surface area contributed by atoms with Crippen molar-refractivity contribution in [3.63, 3.8) is 0 Å². The molecule has 1 aromatic rings. The van der Waals surface area contributed by atoms with Crippen molar-refractivity contribution in [1.82, 2.24) is 9.88 Å². The number of carboxylic acids is 1. The molecule has 1 fully saturated rings. The van der Waals surface area contributed by atoms with Crippen molar-refractivity contribution < 1.29 is 14.7 Å². The molecule has 0 radical (unpaired) electrons. The molecular weight excluding hydrogens is 264 g/mol. The predicted octanol–water partition coefficient (Wildman–Crippen LogP) is 1.99. The van der Waals surface area contributed by atoms with Crippen LogP contribution >= 0.6 is 11.3 Å². The number of carboxylic acid groups (broad SMARTS) is 1. The molecule has 1 heterocycles. The Bertz CT molecular complexity index is 447. The van der Waals surface area contributed by atoms with Crippen LogP contribution in [0.2, 0.25) is 0 Å². The number of nitrogens with zero attached hydrogens (tertiary/aromatic N) is 2. The van der Waals surface area contributed by atoms with E-state index in [1.165, 1.54) is 11.3 Å². The van der Waals surface area contributed by atoms with E-state index in [0.29, 0.717) is 19.4 Å². The summed E-state index contributed by atoms with van der Waals surface area (Å²) in [6, 6.07) is 0. The van der Waals surface area contributed by atoms with Gasteiger partial charge in [-0.25, -0.2) is 4.98 Å². The molecule has 2 rings (SSSR count). The molecule has 0 spiro atoms. The third kappa shape index (κ3) is 3.53. The van der Waals surface area contributed by atoms with Gasteiger partial charge in [0.15, 0.2) is 0 Å². The molecule has 19 heavy (non-hydrogen) atoms. The van der Waals surface area contributed by atoms with Crippen molar-refractivity contribution in [2.75, 3.05) is 7.05 Å². The van der Waals surface area contributed by atoms with E-state index in [2.05, 4.69) is 4.98 Å². The summed E-state index contributed by atoms with van der Waals surface area (Å²) in [7, 11) is 1.76. The summed E-state index contributed by atoms with van der Waals surface area (Å²) in [4.78, 5) is 29.1. The predicted molar refractivity (Wildman–Crippen MR) is 71.7 cm³/mol. The van der Waals surface area contributed by atoms with Crippen LogP contribution in [0.3, 0.4) is 0 Å². The zero-order valence-corrected chi connectivity index (χ0v) is 11.7. The lowest BCUT2D eigenvalue weighted by atomic mass is 9.81. The third-order valence-corrected chi connectivity index (χ3v) is 4.27. The van der Waals surface area contributed by atoms with E-state index in [1.54, 1.807) is 17.5 Å².